The van der Waals surface area contributed by atoms with Crippen molar-refractivity contribution in [1.82, 2.24) is 0 Å². The number of amides is 1. The number of furan rings is 1. The average molecular weight is 424 g/mol. The molecular formula is C20H13ClF3NO4. The zero-order valence-corrected chi connectivity index (χ0v) is 15.4. The summed E-state index contributed by atoms with van der Waals surface area (Å²) in [6, 6.07) is 13.3. The second-order valence-corrected chi connectivity index (χ2v) is 6.28. The van der Waals surface area contributed by atoms with Crippen LogP contribution in [0, 0.1) is 0 Å². The number of nitrogens with one attached hydrogen (secondary N) is 1. The number of rotatable bonds is 5. The molecule has 0 fully saturated rings. The van der Waals surface area contributed by atoms with Crippen LogP contribution >= 0.6 is 11.6 Å². The number of benzene rings is 2. The van der Waals surface area contributed by atoms with Crippen molar-refractivity contribution in [3.63, 3.8) is 0 Å². The van der Waals surface area contributed by atoms with Gasteiger partial charge in [0.25, 0.3) is 5.91 Å². The Bertz CT molecular complexity index is 1030. The van der Waals surface area contributed by atoms with Gasteiger partial charge in [0.1, 0.15) is 0 Å². The van der Waals surface area contributed by atoms with Crippen molar-refractivity contribution in [2.45, 2.75) is 6.18 Å². The SMILES string of the molecule is O=C(COC(=O)c1occc1-c1ccccc1)Nc1ccc(Cl)cc1C(F)(F)F. The lowest BCUT2D eigenvalue weighted by molar-refractivity contribution is -0.137. The predicted octanol–water partition coefficient (Wildman–Crippen LogP) is 5.41. The van der Waals surface area contributed by atoms with Gasteiger partial charge in [-0.1, -0.05) is 41.9 Å². The molecule has 0 radical (unpaired) electrons. The van der Waals surface area contributed by atoms with Gasteiger partial charge in [0.2, 0.25) is 5.76 Å². The van der Waals surface area contributed by atoms with Gasteiger partial charge < -0.3 is 14.5 Å². The molecule has 0 atom stereocenters. The topological polar surface area (TPSA) is 68.5 Å². The summed E-state index contributed by atoms with van der Waals surface area (Å²) in [5, 5.41) is 1.93. The Hall–Kier alpha value is -3.26. The maximum Gasteiger partial charge on any atom is 0.418 e. The lowest BCUT2D eigenvalue weighted by Crippen LogP contribution is -2.22. The number of alkyl halides is 3. The molecule has 0 aliphatic rings. The number of hydrogen-bond donors (Lipinski definition) is 1. The molecule has 29 heavy (non-hydrogen) atoms. The first-order valence-corrected chi connectivity index (χ1v) is 8.60. The Kier molecular flexibility index (Phi) is 5.93. The summed E-state index contributed by atoms with van der Waals surface area (Å²) < 4.78 is 49.2. The van der Waals surface area contributed by atoms with Gasteiger partial charge >= 0.3 is 12.1 Å². The van der Waals surface area contributed by atoms with E-state index < -0.39 is 35.9 Å². The van der Waals surface area contributed by atoms with Crippen molar-refractivity contribution in [3.8, 4) is 11.1 Å². The Morgan fingerprint density at radius 3 is 2.48 bits per heavy atom. The number of esters is 1. The molecule has 1 heterocycles. The first-order valence-electron chi connectivity index (χ1n) is 8.22. The molecule has 0 bridgehead atoms. The maximum atomic E-state index is 13.1. The van der Waals surface area contributed by atoms with E-state index in [0.717, 1.165) is 6.07 Å². The Morgan fingerprint density at radius 2 is 1.79 bits per heavy atom. The second-order valence-electron chi connectivity index (χ2n) is 5.84. The van der Waals surface area contributed by atoms with Crippen LogP contribution in [-0.4, -0.2) is 18.5 Å². The van der Waals surface area contributed by atoms with Crippen LogP contribution in [0.15, 0.2) is 65.3 Å². The van der Waals surface area contributed by atoms with E-state index in [0.29, 0.717) is 17.2 Å². The fourth-order valence-electron chi connectivity index (χ4n) is 2.56. The Labute approximate surface area is 168 Å². The number of ether oxygens (including phenoxy) is 1. The molecule has 0 aliphatic carbocycles. The van der Waals surface area contributed by atoms with Crippen LogP contribution in [0.25, 0.3) is 11.1 Å². The first-order chi connectivity index (χ1) is 13.8. The summed E-state index contributed by atoms with van der Waals surface area (Å²) in [6.07, 6.45) is -3.43. The number of carbonyl (C=O) groups excluding carboxylic acids is 2. The van der Waals surface area contributed by atoms with Gasteiger partial charge in [0.15, 0.2) is 6.61 Å². The van der Waals surface area contributed by atoms with Crippen molar-refractivity contribution < 1.29 is 31.9 Å². The molecule has 1 N–H and O–H groups in total. The predicted molar refractivity (Wildman–Crippen MR) is 99.5 cm³/mol. The molecule has 0 spiro atoms. The molecule has 0 aliphatic heterocycles. The molecule has 9 heteroatoms. The van der Waals surface area contributed by atoms with Gasteiger partial charge in [-0.05, 0) is 29.8 Å². The molecule has 3 aromatic rings. The highest BCUT2D eigenvalue weighted by molar-refractivity contribution is 6.30. The molecular weight excluding hydrogens is 411 g/mol. The van der Waals surface area contributed by atoms with Crippen LogP contribution in [-0.2, 0) is 15.7 Å². The van der Waals surface area contributed by atoms with Gasteiger partial charge in [-0.15, -0.1) is 0 Å². The molecule has 0 saturated heterocycles. The molecule has 150 valence electrons. The molecule has 5 nitrogen and oxygen atoms in total. The zero-order valence-electron chi connectivity index (χ0n) is 14.6. The first kappa shape index (κ1) is 20.5. The van der Waals surface area contributed by atoms with Gasteiger partial charge in [-0.3, -0.25) is 4.79 Å². The minimum atomic E-state index is -4.72. The highest BCUT2D eigenvalue weighted by Crippen LogP contribution is 2.36. The van der Waals surface area contributed by atoms with Gasteiger partial charge in [0, 0.05) is 10.6 Å². The van der Waals surface area contributed by atoms with Crippen molar-refractivity contribution in [2.24, 2.45) is 0 Å². The zero-order chi connectivity index (χ0) is 21.0. The third kappa shape index (κ3) is 4.97. The van der Waals surface area contributed by atoms with Crippen LogP contribution < -0.4 is 5.32 Å². The lowest BCUT2D eigenvalue weighted by atomic mass is 10.1. The van der Waals surface area contributed by atoms with Crippen molar-refractivity contribution in [3.05, 3.63) is 77.2 Å². The summed E-state index contributed by atoms with van der Waals surface area (Å²) in [5.41, 5.74) is -0.435. The number of anilines is 1. The van der Waals surface area contributed by atoms with Crippen molar-refractivity contribution in [1.29, 1.82) is 0 Å². The fourth-order valence-corrected chi connectivity index (χ4v) is 2.73. The van der Waals surface area contributed by atoms with E-state index in [9.17, 15) is 22.8 Å². The van der Waals surface area contributed by atoms with E-state index in [-0.39, 0.29) is 10.8 Å². The highest BCUT2D eigenvalue weighted by atomic mass is 35.5. The van der Waals surface area contributed by atoms with Gasteiger partial charge in [-0.2, -0.15) is 13.2 Å². The summed E-state index contributed by atoms with van der Waals surface area (Å²) in [5.74, 6) is -1.98. The van der Waals surface area contributed by atoms with E-state index in [1.807, 2.05) is 0 Å². The standard InChI is InChI=1S/C20H13ClF3NO4/c21-13-6-7-16(15(10-13)20(22,23)24)25-17(26)11-29-19(27)18-14(8-9-28-18)12-4-2-1-3-5-12/h1-10H,11H2,(H,25,26). The Morgan fingerprint density at radius 1 is 1.07 bits per heavy atom. The monoisotopic (exact) mass is 423 g/mol. The summed E-state index contributed by atoms with van der Waals surface area (Å²) in [4.78, 5) is 24.2. The van der Waals surface area contributed by atoms with Crippen LogP contribution in [0.2, 0.25) is 5.02 Å². The largest absolute Gasteiger partial charge is 0.457 e. The van der Waals surface area contributed by atoms with Crippen LogP contribution in [0.1, 0.15) is 16.1 Å². The molecule has 2 aromatic carbocycles. The third-order valence-electron chi connectivity index (χ3n) is 3.83. The summed E-state index contributed by atoms with van der Waals surface area (Å²) >= 11 is 5.59. The quantitative estimate of drug-likeness (QED) is 0.557. The third-order valence-corrected chi connectivity index (χ3v) is 4.07. The lowest BCUT2D eigenvalue weighted by Gasteiger charge is -2.14. The normalized spacial score (nSPS) is 11.2. The van der Waals surface area contributed by atoms with E-state index in [4.69, 9.17) is 20.8 Å². The second kappa shape index (κ2) is 8.40. The maximum absolute atomic E-state index is 13.1. The molecule has 0 unspecified atom stereocenters. The van der Waals surface area contributed by atoms with Crippen LogP contribution in [0.4, 0.5) is 18.9 Å². The molecule has 3 rings (SSSR count). The van der Waals surface area contributed by atoms with Gasteiger partial charge in [-0.25, -0.2) is 4.79 Å². The number of carbonyl (C=O) groups is 2. The smallest absolute Gasteiger partial charge is 0.418 e. The summed E-state index contributed by atoms with van der Waals surface area (Å²) in [6.45, 7) is -0.798. The molecule has 1 amide bonds. The highest BCUT2D eigenvalue weighted by Gasteiger charge is 2.34. The van der Waals surface area contributed by atoms with Crippen LogP contribution in [0.5, 0.6) is 0 Å². The fraction of sp³-hybridized carbons (Fsp3) is 0.100. The molecule has 1 aromatic heterocycles. The van der Waals surface area contributed by atoms with Gasteiger partial charge in [0.05, 0.1) is 17.5 Å². The van der Waals surface area contributed by atoms with Crippen molar-refractivity contribution in [2.75, 3.05) is 11.9 Å². The van der Waals surface area contributed by atoms with E-state index in [1.54, 1.807) is 36.4 Å². The average Bonchev–Trinajstić information content (AvgIpc) is 3.17. The number of hydrogen-bond acceptors (Lipinski definition) is 4. The van der Waals surface area contributed by atoms with E-state index in [1.165, 1.54) is 12.3 Å². The van der Waals surface area contributed by atoms with E-state index >= 15 is 0 Å². The summed E-state index contributed by atoms with van der Waals surface area (Å²) in [7, 11) is 0. The Balaban J connectivity index is 1.67. The molecule has 0 saturated carbocycles. The minimum absolute atomic E-state index is 0.119. The minimum Gasteiger partial charge on any atom is -0.457 e. The van der Waals surface area contributed by atoms with Crippen molar-refractivity contribution >= 4 is 29.2 Å². The number of halogens is 4. The van der Waals surface area contributed by atoms with E-state index in [2.05, 4.69) is 5.32 Å². The van der Waals surface area contributed by atoms with Crippen LogP contribution in [0.3, 0.4) is 0 Å².